The van der Waals surface area contributed by atoms with Crippen LogP contribution in [0.3, 0.4) is 0 Å². The van der Waals surface area contributed by atoms with Gasteiger partial charge in [0.05, 0.1) is 13.2 Å². The Hall–Kier alpha value is -1.74. The number of anilines is 1. The van der Waals surface area contributed by atoms with Gasteiger partial charge in [-0.25, -0.2) is 0 Å². The van der Waals surface area contributed by atoms with Crippen LogP contribution in [0.4, 0.5) is 5.69 Å². The number of ether oxygens (including phenoxy) is 1. The molecule has 3 unspecified atom stereocenters. The third-order valence-electron chi connectivity index (χ3n) is 4.80. The molecule has 1 heterocycles. The average molecular weight is 356 g/mol. The van der Waals surface area contributed by atoms with E-state index >= 15 is 0 Å². The van der Waals surface area contributed by atoms with Crippen LogP contribution in [0.1, 0.15) is 29.5 Å². The summed E-state index contributed by atoms with van der Waals surface area (Å²) >= 11 is 3.60. The van der Waals surface area contributed by atoms with Crippen molar-refractivity contribution < 1.29 is 4.74 Å². The van der Waals surface area contributed by atoms with Crippen molar-refractivity contribution in [3.63, 3.8) is 0 Å². The van der Waals surface area contributed by atoms with Crippen molar-refractivity contribution in [3.8, 4) is 5.75 Å². The first-order valence-electron chi connectivity index (χ1n) is 7.63. The van der Waals surface area contributed by atoms with Gasteiger partial charge in [-0.15, -0.1) is 0 Å². The van der Waals surface area contributed by atoms with E-state index < -0.39 is 0 Å². The summed E-state index contributed by atoms with van der Waals surface area (Å²) in [6.07, 6.45) is 5.82. The van der Waals surface area contributed by atoms with E-state index in [-0.39, 0.29) is 0 Å². The van der Waals surface area contributed by atoms with Crippen molar-refractivity contribution in [1.82, 2.24) is 0 Å². The van der Waals surface area contributed by atoms with Gasteiger partial charge in [0.15, 0.2) is 0 Å². The Morgan fingerprint density at radius 1 is 1.14 bits per heavy atom. The van der Waals surface area contributed by atoms with E-state index in [9.17, 15) is 0 Å². The molecule has 0 aromatic heterocycles. The molecule has 2 aromatic carbocycles. The smallest absolute Gasteiger partial charge is 0.118 e. The number of benzene rings is 2. The van der Waals surface area contributed by atoms with Gasteiger partial charge in [0.25, 0.3) is 0 Å². The molecular formula is C19H18BrNO. The monoisotopic (exact) mass is 355 g/mol. The lowest BCUT2D eigenvalue weighted by atomic mass is 9.77. The van der Waals surface area contributed by atoms with Crippen LogP contribution in [0.2, 0.25) is 0 Å². The minimum atomic E-state index is 0.347. The van der Waals surface area contributed by atoms with Crippen LogP contribution in [-0.4, -0.2) is 7.11 Å². The second-order valence-corrected chi connectivity index (χ2v) is 6.90. The van der Waals surface area contributed by atoms with Gasteiger partial charge < -0.3 is 10.1 Å². The predicted octanol–water partition coefficient (Wildman–Crippen LogP) is 5.28. The number of methoxy groups -OCH3 is 1. The number of hydrogen-bond donors (Lipinski definition) is 1. The lowest BCUT2D eigenvalue weighted by Gasteiger charge is -2.37. The number of allylic oxidation sites excluding steroid dienone is 2. The maximum atomic E-state index is 5.27. The summed E-state index contributed by atoms with van der Waals surface area (Å²) < 4.78 is 6.42. The minimum Gasteiger partial charge on any atom is -0.497 e. The van der Waals surface area contributed by atoms with Gasteiger partial charge >= 0.3 is 0 Å². The molecule has 0 saturated carbocycles. The second-order valence-electron chi connectivity index (χ2n) is 5.98. The van der Waals surface area contributed by atoms with Crippen LogP contribution in [0, 0.1) is 5.92 Å². The van der Waals surface area contributed by atoms with Gasteiger partial charge in [0.1, 0.15) is 5.75 Å². The molecule has 112 valence electrons. The summed E-state index contributed by atoms with van der Waals surface area (Å²) in [6, 6.07) is 15.3. The molecule has 1 aliphatic carbocycles. The molecule has 0 radical (unpaired) electrons. The zero-order valence-electron chi connectivity index (χ0n) is 12.4. The largest absolute Gasteiger partial charge is 0.497 e. The predicted molar refractivity (Wildman–Crippen MR) is 93.5 cm³/mol. The molecule has 4 rings (SSSR count). The number of nitrogens with one attached hydrogen (secondary N) is 1. The van der Waals surface area contributed by atoms with Crippen LogP contribution < -0.4 is 10.1 Å². The first kappa shape index (κ1) is 13.9. The fourth-order valence-electron chi connectivity index (χ4n) is 3.71. The maximum absolute atomic E-state index is 5.27. The van der Waals surface area contributed by atoms with Crippen LogP contribution >= 0.6 is 15.9 Å². The van der Waals surface area contributed by atoms with Crippen molar-refractivity contribution in [3.05, 3.63) is 70.2 Å². The topological polar surface area (TPSA) is 21.3 Å². The third kappa shape index (κ3) is 2.24. The summed E-state index contributed by atoms with van der Waals surface area (Å²) in [6.45, 7) is 0. The summed E-state index contributed by atoms with van der Waals surface area (Å²) in [5, 5.41) is 3.75. The van der Waals surface area contributed by atoms with Crippen molar-refractivity contribution >= 4 is 21.6 Å². The summed E-state index contributed by atoms with van der Waals surface area (Å²) in [5.41, 5.74) is 3.97. The SMILES string of the molecule is COc1ccc(C2Nc3ccc(Br)cc3C3C=CCC32)cc1. The maximum Gasteiger partial charge on any atom is 0.118 e. The van der Waals surface area contributed by atoms with Crippen LogP contribution in [0.15, 0.2) is 59.1 Å². The standard InChI is InChI=1S/C19H18BrNO/c1-22-14-8-5-12(6-9-14)19-16-4-2-3-15(16)17-11-13(20)7-10-18(17)21-19/h2-3,5-11,15-16,19,21H,4H2,1H3. The van der Waals surface area contributed by atoms with Gasteiger partial charge in [-0.2, -0.15) is 0 Å². The second kappa shape index (κ2) is 5.47. The van der Waals surface area contributed by atoms with E-state index in [1.807, 2.05) is 12.1 Å². The van der Waals surface area contributed by atoms with E-state index in [2.05, 4.69) is 63.7 Å². The fourth-order valence-corrected chi connectivity index (χ4v) is 4.09. The van der Waals surface area contributed by atoms with Gasteiger partial charge in [0.2, 0.25) is 0 Å². The highest BCUT2D eigenvalue weighted by Crippen LogP contribution is 2.50. The zero-order chi connectivity index (χ0) is 15.1. The Bertz CT molecular complexity index is 723. The Morgan fingerprint density at radius 3 is 2.73 bits per heavy atom. The lowest BCUT2D eigenvalue weighted by Crippen LogP contribution is -2.29. The highest BCUT2D eigenvalue weighted by atomic mass is 79.9. The Labute approximate surface area is 139 Å². The van der Waals surface area contributed by atoms with Crippen molar-refractivity contribution in [2.24, 2.45) is 5.92 Å². The van der Waals surface area contributed by atoms with Crippen LogP contribution in [-0.2, 0) is 0 Å². The van der Waals surface area contributed by atoms with Gasteiger partial charge in [0, 0.05) is 16.1 Å². The van der Waals surface area contributed by atoms with E-state index in [4.69, 9.17) is 4.74 Å². The molecule has 0 spiro atoms. The lowest BCUT2D eigenvalue weighted by molar-refractivity contribution is 0.411. The van der Waals surface area contributed by atoms with Crippen molar-refractivity contribution in [1.29, 1.82) is 0 Å². The molecular weight excluding hydrogens is 338 g/mol. The highest BCUT2D eigenvalue weighted by Gasteiger charge is 2.37. The van der Waals surface area contributed by atoms with Crippen LogP contribution in [0.5, 0.6) is 5.75 Å². The average Bonchev–Trinajstić information content (AvgIpc) is 3.04. The van der Waals surface area contributed by atoms with Gasteiger partial charge in [-0.05, 0) is 53.8 Å². The summed E-state index contributed by atoms with van der Waals surface area (Å²) in [7, 11) is 1.71. The molecule has 1 N–H and O–H groups in total. The van der Waals surface area contributed by atoms with Gasteiger partial charge in [-0.1, -0.05) is 40.2 Å². The molecule has 0 saturated heterocycles. The Morgan fingerprint density at radius 2 is 1.95 bits per heavy atom. The molecule has 0 fully saturated rings. The van der Waals surface area contributed by atoms with E-state index in [1.165, 1.54) is 16.8 Å². The number of rotatable bonds is 2. The third-order valence-corrected chi connectivity index (χ3v) is 5.29. The highest BCUT2D eigenvalue weighted by molar-refractivity contribution is 9.10. The zero-order valence-corrected chi connectivity index (χ0v) is 14.0. The molecule has 1 aliphatic heterocycles. The quantitative estimate of drug-likeness (QED) is 0.739. The van der Waals surface area contributed by atoms with Crippen molar-refractivity contribution in [2.45, 2.75) is 18.4 Å². The molecule has 0 amide bonds. The summed E-state index contributed by atoms with van der Waals surface area (Å²) in [4.78, 5) is 0. The van der Waals surface area contributed by atoms with Crippen LogP contribution in [0.25, 0.3) is 0 Å². The van der Waals surface area contributed by atoms with Crippen molar-refractivity contribution in [2.75, 3.05) is 12.4 Å². The normalized spacial score (nSPS) is 25.3. The van der Waals surface area contributed by atoms with Gasteiger partial charge in [-0.3, -0.25) is 0 Å². The molecule has 3 atom stereocenters. The van der Waals surface area contributed by atoms with E-state index in [0.717, 1.165) is 16.6 Å². The Kier molecular flexibility index (Phi) is 3.45. The number of hydrogen-bond acceptors (Lipinski definition) is 2. The molecule has 2 nitrogen and oxygen atoms in total. The summed E-state index contributed by atoms with van der Waals surface area (Å²) in [5.74, 6) is 1.99. The number of halogens is 1. The first-order valence-corrected chi connectivity index (χ1v) is 8.42. The first-order chi connectivity index (χ1) is 10.8. The minimum absolute atomic E-state index is 0.347. The van der Waals surface area contributed by atoms with E-state index in [0.29, 0.717) is 17.9 Å². The molecule has 0 bridgehead atoms. The molecule has 22 heavy (non-hydrogen) atoms. The molecule has 2 aromatic rings. The number of fused-ring (bicyclic) bond motifs is 3. The molecule has 3 heteroatoms. The fraction of sp³-hybridized carbons (Fsp3) is 0.263. The van der Waals surface area contributed by atoms with E-state index in [1.54, 1.807) is 7.11 Å². The Balaban J connectivity index is 1.74. The molecule has 2 aliphatic rings.